The predicted octanol–water partition coefficient (Wildman–Crippen LogP) is 2.13. The highest BCUT2D eigenvalue weighted by Gasteiger charge is 2.25. The summed E-state index contributed by atoms with van der Waals surface area (Å²) in [5.74, 6) is -1.17. The Balaban J connectivity index is 1.72. The van der Waals surface area contributed by atoms with E-state index in [1.165, 1.54) is 18.3 Å². The van der Waals surface area contributed by atoms with Gasteiger partial charge in [-0.15, -0.1) is 0 Å². The maximum absolute atomic E-state index is 14.5. The van der Waals surface area contributed by atoms with Crippen LogP contribution in [-0.4, -0.2) is 49.1 Å². The standard InChI is InChI=1S/C20H22FN5O3/c1-3-29-20(28)26-8-7-13-10-17(21)16(9-14(13)12-26)19(27)25-18-6-4-5-15(24-18)11-23-22-2/h4-6,9-11,18,24H,2-3,7-8,12H2,1H3,(H,25,27). The topological polar surface area (TPSA) is 95.4 Å². The van der Waals surface area contributed by atoms with Gasteiger partial charge in [-0.25, -0.2) is 9.18 Å². The Kier molecular flexibility index (Phi) is 6.38. The third-order valence-corrected chi connectivity index (χ3v) is 4.54. The molecule has 8 nitrogen and oxygen atoms in total. The van der Waals surface area contributed by atoms with Crippen LogP contribution in [0.15, 0.2) is 46.3 Å². The number of carbonyl (C=O) groups excluding carboxylic acids is 2. The fraction of sp³-hybridized carbons (Fsp3) is 0.300. The lowest BCUT2D eigenvalue weighted by atomic mass is 9.96. The summed E-state index contributed by atoms with van der Waals surface area (Å²) in [5.41, 5.74) is 2.06. The van der Waals surface area contributed by atoms with Crippen molar-refractivity contribution < 1.29 is 18.7 Å². The first-order valence-electron chi connectivity index (χ1n) is 9.19. The van der Waals surface area contributed by atoms with Crippen molar-refractivity contribution in [2.75, 3.05) is 13.2 Å². The molecule has 2 amide bonds. The second kappa shape index (κ2) is 9.13. The molecule has 2 aliphatic heterocycles. The molecule has 0 spiro atoms. The van der Waals surface area contributed by atoms with Crippen LogP contribution in [0, 0.1) is 5.82 Å². The van der Waals surface area contributed by atoms with E-state index in [1.807, 2.05) is 0 Å². The third kappa shape index (κ3) is 4.87. The molecule has 9 heteroatoms. The molecule has 29 heavy (non-hydrogen) atoms. The summed E-state index contributed by atoms with van der Waals surface area (Å²) in [7, 11) is 0. The van der Waals surface area contributed by atoms with Crippen molar-refractivity contribution in [3.8, 4) is 0 Å². The molecular weight excluding hydrogens is 377 g/mol. The normalized spacial score (nSPS) is 17.9. The van der Waals surface area contributed by atoms with Gasteiger partial charge in [-0.05, 0) is 48.8 Å². The zero-order valence-corrected chi connectivity index (χ0v) is 16.0. The van der Waals surface area contributed by atoms with Crippen LogP contribution >= 0.6 is 0 Å². The first-order valence-corrected chi connectivity index (χ1v) is 9.19. The van der Waals surface area contributed by atoms with Crippen molar-refractivity contribution in [3.05, 3.63) is 58.6 Å². The van der Waals surface area contributed by atoms with Gasteiger partial charge >= 0.3 is 6.09 Å². The number of dihydropyridines is 1. The minimum Gasteiger partial charge on any atom is -0.450 e. The van der Waals surface area contributed by atoms with Gasteiger partial charge in [-0.1, -0.05) is 6.08 Å². The average Bonchev–Trinajstić information content (AvgIpc) is 2.71. The quantitative estimate of drug-likeness (QED) is 0.586. The molecule has 1 aromatic carbocycles. The van der Waals surface area contributed by atoms with E-state index in [0.29, 0.717) is 18.7 Å². The minimum absolute atomic E-state index is 0.0813. The molecule has 2 aliphatic rings. The summed E-state index contributed by atoms with van der Waals surface area (Å²) < 4.78 is 19.6. The first kappa shape index (κ1) is 20.2. The SMILES string of the molecule is C=NN=CC1=CC=CC(NC(=O)c2cc3c(cc2F)CCN(C(=O)OCC)C3)N1. The van der Waals surface area contributed by atoms with Crippen molar-refractivity contribution in [2.45, 2.75) is 26.1 Å². The maximum Gasteiger partial charge on any atom is 0.410 e. The lowest BCUT2D eigenvalue weighted by Gasteiger charge is -2.28. The van der Waals surface area contributed by atoms with Gasteiger partial charge in [-0.3, -0.25) is 4.79 Å². The lowest BCUT2D eigenvalue weighted by molar-refractivity contribution is 0.0936. The van der Waals surface area contributed by atoms with E-state index >= 15 is 0 Å². The summed E-state index contributed by atoms with van der Waals surface area (Å²) >= 11 is 0. The van der Waals surface area contributed by atoms with Crippen molar-refractivity contribution >= 4 is 24.9 Å². The Hall–Kier alpha value is -3.49. The van der Waals surface area contributed by atoms with Gasteiger partial charge in [0, 0.05) is 19.8 Å². The first-order chi connectivity index (χ1) is 14.0. The molecule has 0 saturated heterocycles. The van der Waals surface area contributed by atoms with E-state index in [2.05, 4.69) is 27.6 Å². The van der Waals surface area contributed by atoms with Crippen LogP contribution in [0.1, 0.15) is 28.4 Å². The van der Waals surface area contributed by atoms with Crippen LogP contribution in [0.3, 0.4) is 0 Å². The van der Waals surface area contributed by atoms with Gasteiger partial charge in [0.15, 0.2) is 0 Å². The predicted molar refractivity (Wildman–Crippen MR) is 107 cm³/mol. The Morgan fingerprint density at radius 3 is 3.03 bits per heavy atom. The molecular formula is C20H22FN5O3. The van der Waals surface area contributed by atoms with Gasteiger partial charge in [0.2, 0.25) is 0 Å². The van der Waals surface area contributed by atoms with Crippen LogP contribution in [0.4, 0.5) is 9.18 Å². The molecule has 1 aromatic rings. The van der Waals surface area contributed by atoms with E-state index in [4.69, 9.17) is 4.74 Å². The van der Waals surface area contributed by atoms with Crippen LogP contribution in [0.2, 0.25) is 0 Å². The molecule has 1 unspecified atom stereocenters. The highest BCUT2D eigenvalue weighted by atomic mass is 19.1. The number of rotatable bonds is 5. The zero-order chi connectivity index (χ0) is 20.8. The highest BCUT2D eigenvalue weighted by Crippen LogP contribution is 2.23. The van der Waals surface area contributed by atoms with E-state index in [-0.39, 0.29) is 18.7 Å². The van der Waals surface area contributed by atoms with Gasteiger partial charge in [-0.2, -0.15) is 10.2 Å². The lowest BCUT2D eigenvalue weighted by Crippen LogP contribution is -2.45. The van der Waals surface area contributed by atoms with E-state index in [9.17, 15) is 14.0 Å². The summed E-state index contributed by atoms with van der Waals surface area (Å²) in [5, 5.41) is 12.8. The third-order valence-electron chi connectivity index (χ3n) is 4.54. The molecule has 2 N–H and O–H groups in total. The minimum atomic E-state index is -0.598. The number of allylic oxidation sites excluding steroid dienone is 3. The summed E-state index contributed by atoms with van der Waals surface area (Å²) in [6.07, 6.45) is 6.22. The molecule has 0 bridgehead atoms. The number of ether oxygens (including phenoxy) is 1. The molecule has 2 heterocycles. The fourth-order valence-corrected chi connectivity index (χ4v) is 3.16. The molecule has 0 aromatic heterocycles. The zero-order valence-electron chi connectivity index (χ0n) is 16.0. The molecule has 0 aliphatic carbocycles. The number of halogens is 1. The number of benzene rings is 1. The summed E-state index contributed by atoms with van der Waals surface area (Å²) in [6, 6.07) is 2.86. The highest BCUT2D eigenvalue weighted by molar-refractivity contribution is 5.95. The number of nitrogens with one attached hydrogen (secondary N) is 2. The Bertz CT molecular complexity index is 910. The molecule has 1 atom stereocenters. The van der Waals surface area contributed by atoms with Crippen molar-refractivity contribution in [1.82, 2.24) is 15.5 Å². The van der Waals surface area contributed by atoms with E-state index < -0.39 is 24.0 Å². The van der Waals surface area contributed by atoms with Crippen LogP contribution in [0.25, 0.3) is 0 Å². The number of carbonyl (C=O) groups is 2. The summed E-state index contributed by atoms with van der Waals surface area (Å²) in [6.45, 7) is 6.00. The molecule has 3 rings (SSSR count). The number of nitrogens with zero attached hydrogens (tertiary/aromatic N) is 3. The van der Waals surface area contributed by atoms with Crippen molar-refractivity contribution in [2.24, 2.45) is 10.2 Å². The maximum atomic E-state index is 14.5. The fourth-order valence-electron chi connectivity index (χ4n) is 3.16. The average molecular weight is 399 g/mol. The number of hydrogen-bond acceptors (Lipinski definition) is 6. The van der Waals surface area contributed by atoms with E-state index in [0.717, 1.165) is 11.1 Å². The number of amides is 2. The van der Waals surface area contributed by atoms with Gasteiger partial charge in [0.25, 0.3) is 5.91 Å². The van der Waals surface area contributed by atoms with Crippen LogP contribution in [-0.2, 0) is 17.7 Å². The smallest absolute Gasteiger partial charge is 0.410 e. The molecule has 0 fully saturated rings. The van der Waals surface area contributed by atoms with Crippen LogP contribution in [0.5, 0.6) is 0 Å². The number of fused-ring (bicyclic) bond motifs is 1. The second-order valence-corrected chi connectivity index (χ2v) is 6.46. The summed E-state index contributed by atoms with van der Waals surface area (Å²) in [4.78, 5) is 26.2. The van der Waals surface area contributed by atoms with Gasteiger partial charge in [0.05, 0.1) is 24.1 Å². The van der Waals surface area contributed by atoms with Gasteiger partial charge in [0.1, 0.15) is 12.0 Å². The largest absolute Gasteiger partial charge is 0.450 e. The Morgan fingerprint density at radius 1 is 1.45 bits per heavy atom. The second-order valence-electron chi connectivity index (χ2n) is 6.46. The van der Waals surface area contributed by atoms with Gasteiger partial charge < -0.3 is 20.3 Å². The molecule has 0 saturated carbocycles. The van der Waals surface area contributed by atoms with Crippen molar-refractivity contribution in [3.63, 3.8) is 0 Å². The molecule has 152 valence electrons. The Morgan fingerprint density at radius 2 is 2.28 bits per heavy atom. The van der Waals surface area contributed by atoms with Crippen LogP contribution < -0.4 is 10.6 Å². The number of hydrogen-bond donors (Lipinski definition) is 2. The van der Waals surface area contributed by atoms with E-state index in [1.54, 1.807) is 30.1 Å². The van der Waals surface area contributed by atoms with Crippen molar-refractivity contribution in [1.29, 1.82) is 0 Å². The monoisotopic (exact) mass is 399 g/mol. The Labute approximate surface area is 167 Å². The molecule has 0 radical (unpaired) electrons.